The second-order valence-electron chi connectivity index (χ2n) is 4.47. The molecular weight excluding hydrogens is 206 g/mol. The van der Waals surface area contributed by atoms with Crippen molar-refractivity contribution in [3.63, 3.8) is 0 Å². The second kappa shape index (κ2) is 6.18. The highest BCUT2D eigenvalue weighted by Gasteiger charge is 2.28. The Kier molecular flexibility index (Phi) is 5.18. The van der Waals surface area contributed by atoms with Gasteiger partial charge in [-0.1, -0.05) is 6.42 Å². The molecule has 1 aliphatic heterocycles. The fourth-order valence-corrected chi connectivity index (χ4v) is 2.15. The average Bonchev–Trinajstić information content (AvgIpc) is 2.25. The molecule has 0 radical (unpaired) electrons. The van der Waals surface area contributed by atoms with Gasteiger partial charge in [0.15, 0.2) is 0 Å². The lowest BCUT2D eigenvalue weighted by atomic mass is 10.00. The molecule has 5 heteroatoms. The monoisotopic (exact) mass is 229 g/mol. The number of hydrogen-bond donors (Lipinski definition) is 2. The average molecular weight is 229 g/mol. The molecule has 1 saturated heterocycles. The minimum atomic E-state index is -0.554. The molecule has 1 fully saturated rings. The van der Waals surface area contributed by atoms with E-state index in [9.17, 15) is 4.79 Å². The Bertz CT molecular complexity index is 221. The van der Waals surface area contributed by atoms with Crippen LogP contribution in [0.2, 0.25) is 0 Å². The number of rotatable bonds is 4. The topological polar surface area (TPSA) is 67.6 Å². The van der Waals surface area contributed by atoms with Crippen LogP contribution in [-0.2, 0) is 9.53 Å². The van der Waals surface area contributed by atoms with E-state index in [2.05, 4.69) is 19.3 Å². The van der Waals surface area contributed by atoms with Crippen molar-refractivity contribution in [1.82, 2.24) is 10.4 Å². The van der Waals surface area contributed by atoms with Gasteiger partial charge < -0.3 is 10.5 Å². The van der Waals surface area contributed by atoms with Gasteiger partial charge in [-0.15, -0.1) is 0 Å². The van der Waals surface area contributed by atoms with Gasteiger partial charge in [0.05, 0.1) is 0 Å². The first-order valence-electron chi connectivity index (χ1n) is 5.91. The van der Waals surface area contributed by atoms with Crippen LogP contribution in [0.3, 0.4) is 0 Å². The minimum absolute atomic E-state index is 0.148. The van der Waals surface area contributed by atoms with E-state index in [1.54, 1.807) is 0 Å². The molecule has 1 rings (SSSR count). The molecule has 0 aliphatic carbocycles. The Hall–Kier alpha value is -0.650. The standard InChI is InChI=1S/C11H23N3O2/c1-8-5-4-6-9(2)14(8)13-11(15)10(7-12)16-3/h8-10H,4-7,12H2,1-3H3,(H,13,15). The first kappa shape index (κ1) is 13.4. The van der Waals surface area contributed by atoms with Crippen LogP contribution in [0.1, 0.15) is 33.1 Å². The zero-order valence-electron chi connectivity index (χ0n) is 10.4. The lowest BCUT2D eigenvalue weighted by molar-refractivity contribution is -0.139. The van der Waals surface area contributed by atoms with Crippen molar-refractivity contribution in [1.29, 1.82) is 0 Å². The molecule has 3 atom stereocenters. The van der Waals surface area contributed by atoms with Crippen LogP contribution in [0.5, 0.6) is 0 Å². The van der Waals surface area contributed by atoms with Crippen LogP contribution in [-0.4, -0.2) is 42.8 Å². The molecule has 94 valence electrons. The third-order valence-electron chi connectivity index (χ3n) is 3.22. The Morgan fingerprint density at radius 2 is 2.06 bits per heavy atom. The molecule has 0 bridgehead atoms. The van der Waals surface area contributed by atoms with Crippen molar-refractivity contribution in [3.05, 3.63) is 0 Å². The van der Waals surface area contributed by atoms with Gasteiger partial charge in [0.1, 0.15) is 6.10 Å². The highest BCUT2D eigenvalue weighted by atomic mass is 16.5. The van der Waals surface area contributed by atoms with E-state index in [4.69, 9.17) is 10.5 Å². The van der Waals surface area contributed by atoms with E-state index in [0.717, 1.165) is 12.8 Å². The van der Waals surface area contributed by atoms with Gasteiger partial charge in [0, 0.05) is 25.7 Å². The van der Waals surface area contributed by atoms with Crippen molar-refractivity contribution in [2.24, 2.45) is 5.73 Å². The summed E-state index contributed by atoms with van der Waals surface area (Å²) in [6.45, 7) is 4.46. The maximum atomic E-state index is 11.8. The van der Waals surface area contributed by atoms with E-state index in [0.29, 0.717) is 12.1 Å². The summed E-state index contributed by atoms with van der Waals surface area (Å²) in [6.07, 6.45) is 2.90. The van der Waals surface area contributed by atoms with Crippen molar-refractivity contribution in [2.75, 3.05) is 13.7 Å². The third kappa shape index (κ3) is 3.17. The first-order valence-corrected chi connectivity index (χ1v) is 5.91. The zero-order chi connectivity index (χ0) is 12.1. The number of methoxy groups -OCH3 is 1. The van der Waals surface area contributed by atoms with E-state index < -0.39 is 6.10 Å². The van der Waals surface area contributed by atoms with Crippen molar-refractivity contribution < 1.29 is 9.53 Å². The Balaban J connectivity index is 2.53. The summed E-state index contributed by atoms with van der Waals surface area (Å²) in [7, 11) is 1.50. The summed E-state index contributed by atoms with van der Waals surface area (Å²) in [6, 6.07) is 0.756. The van der Waals surface area contributed by atoms with Crippen molar-refractivity contribution >= 4 is 5.91 Å². The number of nitrogens with one attached hydrogen (secondary N) is 1. The molecule has 0 aromatic carbocycles. The van der Waals surface area contributed by atoms with Crippen LogP contribution >= 0.6 is 0 Å². The number of ether oxygens (including phenoxy) is 1. The smallest absolute Gasteiger partial charge is 0.264 e. The molecule has 16 heavy (non-hydrogen) atoms. The summed E-state index contributed by atoms with van der Waals surface area (Å²) in [5.41, 5.74) is 8.36. The Morgan fingerprint density at radius 3 is 2.50 bits per heavy atom. The molecule has 0 aromatic heterocycles. The fourth-order valence-electron chi connectivity index (χ4n) is 2.15. The van der Waals surface area contributed by atoms with Gasteiger partial charge in [-0.25, -0.2) is 5.01 Å². The SMILES string of the molecule is COC(CN)C(=O)NN1C(C)CCCC1C. The van der Waals surface area contributed by atoms with Crippen LogP contribution in [0, 0.1) is 0 Å². The molecule has 0 saturated carbocycles. The summed E-state index contributed by atoms with van der Waals surface area (Å²) in [5.74, 6) is -0.148. The van der Waals surface area contributed by atoms with Crippen LogP contribution in [0.4, 0.5) is 0 Å². The normalized spacial score (nSPS) is 28.8. The molecular formula is C11H23N3O2. The quantitative estimate of drug-likeness (QED) is 0.725. The second-order valence-corrected chi connectivity index (χ2v) is 4.47. The molecule has 0 spiro atoms. The van der Waals surface area contributed by atoms with E-state index in [1.165, 1.54) is 13.5 Å². The highest BCUT2D eigenvalue weighted by Crippen LogP contribution is 2.20. The summed E-state index contributed by atoms with van der Waals surface area (Å²) < 4.78 is 5.01. The number of carbonyl (C=O) groups is 1. The largest absolute Gasteiger partial charge is 0.370 e. The predicted molar refractivity (Wildman–Crippen MR) is 62.6 cm³/mol. The summed E-state index contributed by atoms with van der Waals surface area (Å²) in [5, 5.41) is 2.02. The molecule has 3 unspecified atom stereocenters. The van der Waals surface area contributed by atoms with Crippen molar-refractivity contribution in [3.8, 4) is 0 Å². The highest BCUT2D eigenvalue weighted by molar-refractivity contribution is 5.80. The number of nitrogens with zero attached hydrogens (tertiary/aromatic N) is 1. The van der Waals surface area contributed by atoms with Crippen LogP contribution in [0.15, 0.2) is 0 Å². The van der Waals surface area contributed by atoms with E-state index >= 15 is 0 Å². The summed E-state index contributed by atoms with van der Waals surface area (Å²) in [4.78, 5) is 11.8. The van der Waals surface area contributed by atoms with Gasteiger partial charge >= 0.3 is 0 Å². The number of piperidine rings is 1. The lowest BCUT2D eigenvalue weighted by Crippen LogP contribution is -2.57. The predicted octanol–water partition coefficient (Wildman–Crippen LogP) is 0.254. The molecule has 0 aromatic rings. The number of carbonyl (C=O) groups excluding carboxylic acids is 1. The maximum Gasteiger partial charge on any atom is 0.264 e. The van der Waals surface area contributed by atoms with Crippen molar-refractivity contribution in [2.45, 2.75) is 51.3 Å². The van der Waals surface area contributed by atoms with E-state index in [1.807, 2.05) is 5.01 Å². The van der Waals surface area contributed by atoms with Gasteiger partial charge in [0.2, 0.25) is 0 Å². The zero-order valence-corrected chi connectivity index (χ0v) is 10.4. The van der Waals surface area contributed by atoms with Gasteiger partial charge in [-0.3, -0.25) is 10.2 Å². The molecule has 1 aliphatic rings. The van der Waals surface area contributed by atoms with Crippen LogP contribution < -0.4 is 11.2 Å². The molecule has 1 amide bonds. The van der Waals surface area contributed by atoms with Gasteiger partial charge in [0.25, 0.3) is 5.91 Å². The maximum absolute atomic E-state index is 11.8. The Morgan fingerprint density at radius 1 is 1.50 bits per heavy atom. The number of hydrazine groups is 1. The molecule has 5 nitrogen and oxygen atoms in total. The van der Waals surface area contributed by atoms with Gasteiger partial charge in [-0.2, -0.15) is 0 Å². The minimum Gasteiger partial charge on any atom is -0.370 e. The molecule has 1 heterocycles. The number of nitrogens with two attached hydrogens (primary N) is 1. The van der Waals surface area contributed by atoms with Crippen LogP contribution in [0.25, 0.3) is 0 Å². The third-order valence-corrected chi connectivity index (χ3v) is 3.22. The number of amides is 1. The van der Waals surface area contributed by atoms with Gasteiger partial charge in [-0.05, 0) is 26.7 Å². The Labute approximate surface area is 97.3 Å². The summed E-state index contributed by atoms with van der Waals surface area (Å²) >= 11 is 0. The van der Waals surface area contributed by atoms with E-state index in [-0.39, 0.29) is 12.5 Å². The lowest BCUT2D eigenvalue weighted by Gasteiger charge is -2.39. The first-order chi connectivity index (χ1) is 7.60. The number of hydrogen-bond acceptors (Lipinski definition) is 4. The fraction of sp³-hybridized carbons (Fsp3) is 0.909. The molecule has 3 N–H and O–H groups in total.